The Bertz CT molecular complexity index is 208. The molecule has 0 rings (SSSR count). The maximum absolute atomic E-state index is 11.6. The molecule has 0 atom stereocenters. The van der Waals surface area contributed by atoms with E-state index in [2.05, 4.69) is 0 Å². The fourth-order valence-corrected chi connectivity index (χ4v) is 0.769. The summed E-state index contributed by atoms with van der Waals surface area (Å²) in [5, 5.41) is 0. The Kier molecular flexibility index (Phi) is 3.70. The van der Waals surface area contributed by atoms with Gasteiger partial charge in [0.05, 0.1) is 0 Å². The standard InChI is InChI=1S/C9H13F3O/c1-8(2,3)6-7(13)4-5-9(10,11)12/h4-5H,6H2,1-3H3/b5-4+. The van der Waals surface area contributed by atoms with Crippen molar-refractivity contribution in [3.8, 4) is 0 Å². The number of hydrogen-bond acceptors (Lipinski definition) is 1. The summed E-state index contributed by atoms with van der Waals surface area (Å²) < 4.78 is 34.8. The van der Waals surface area contributed by atoms with Crippen LogP contribution in [0.1, 0.15) is 27.2 Å². The fraction of sp³-hybridized carbons (Fsp3) is 0.667. The van der Waals surface area contributed by atoms with Crippen molar-refractivity contribution < 1.29 is 18.0 Å². The van der Waals surface area contributed by atoms with Crippen molar-refractivity contribution in [2.24, 2.45) is 5.41 Å². The van der Waals surface area contributed by atoms with Crippen LogP contribution in [0.3, 0.4) is 0 Å². The first-order valence-corrected chi connectivity index (χ1v) is 3.89. The van der Waals surface area contributed by atoms with Crippen molar-refractivity contribution in [1.82, 2.24) is 0 Å². The second-order valence-corrected chi connectivity index (χ2v) is 4.08. The first kappa shape index (κ1) is 12.2. The van der Waals surface area contributed by atoms with E-state index in [1.807, 2.05) is 0 Å². The van der Waals surface area contributed by atoms with Gasteiger partial charge in [0.2, 0.25) is 0 Å². The molecule has 1 nitrogen and oxygen atoms in total. The van der Waals surface area contributed by atoms with Gasteiger partial charge in [0, 0.05) is 12.5 Å². The van der Waals surface area contributed by atoms with E-state index >= 15 is 0 Å². The van der Waals surface area contributed by atoms with E-state index in [0.29, 0.717) is 6.08 Å². The van der Waals surface area contributed by atoms with Crippen LogP contribution < -0.4 is 0 Å². The Morgan fingerprint density at radius 2 is 1.69 bits per heavy atom. The summed E-state index contributed by atoms with van der Waals surface area (Å²) in [6.07, 6.45) is -3.71. The molecule has 0 bridgehead atoms. The highest BCUT2D eigenvalue weighted by atomic mass is 19.4. The summed E-state index contributed by atoms with van der Waals surface area (Å²) in [5.74, 6) is -0.496. The molecular weight excluding hydrogens is 181 g/mol. The van der Waals surface area contributed by atoms with Gasteiger partial charge >= 0.3 is 6.18 Å². The molecule has 0 radical (unpaired) electrons. The predicted molar refractivity (Wildman–Crippen MR) is 44.3 cm³/mol. The Hall–Kier alpha value is -0.800. The van der Waals surface area contributed by atoms with Crippen LogP contribution in [0.4, 0.5) is 13.2 Å². The van der Waals surface area contributed by atoms with Crippen LogP contribution in [-0.4, -0.2) is 12.0 Å². The summed E-state index contributed by atoms with van der Waals surface area (Å²) in [5.41, 5.74) is -0.271. The van der Waals surface area contributed by atoms with Crippen molar-refractivity contribution in [2.45, 2.75) is 33.4 Å². The number of carbonyl (C=O) groups excluding carboxylic acids is 1. The van der Waals surface area contributed by atoms with Gasteiger partial charge in [0.25, 0.3) is 0 Å². The molecule has 13 heavy (non-hydrogen) atoms. The summed E-state index contributed by atoms with van der Waals surface area (Å²) in [7, 11) is 0. The molecule has 0 aliphatic heterocycles. The van der Waals surface area contributed by atoms with Gasteiger partial charge in [0.1, 0.15) is 0 Å². The molecule has 0 unspecified atom stereocenters. The molecule has 0 fully saturated rings. The van der Waals surface area contributed by atoms with Crippen molar-refractivity contribution in [2.75, 3.05) is 0 Å². The van der Waals surface area contributed by atoms with Gasteiger partial charge in [-0.3, -0.25) is 4.79 Å². The largest absolute Gasteiger partial charge is 0.409 e. The van der Waals surface area contributed by atoms with Gasteiger partial charge in [0.15, 0.2) is 5.78 Å². The van der Waals surface area contributed by atoms with Gasteiger partial charge < -0.3 is 0 Å². The third-order valence-electron chi connectivity index (χ3n) is 1.16. The highest BCUT2D eigenvalue weighted by Gasteiger charge is 2.23. The molecule has 0 aliphatic carbocycles. The minimum Gasteiger partial charge on any atom is -0.295 e. The molecule has 0 amide bonds. The number of alkyl halides is 3. The lowest BCUT2D eigenvalue weighted by atomic mass is 9.90. The quantitative estimate of drug-likeness (QED) is 0.617. The van der Waals surface area contributed by atoms with Gasteiger partial charge in [-0.25, -0.2) is 0 Å². The number of carbonyl (C=O) groups is 1. The molecule has 0 aromatic carbocycles. The zero-order valence-corrected chi connectivity index (χ0v) is 7.90. The summed E-state index contributed by atoms with van der Waals surface area (Å²) in [6.45, 7) is 5.39. The van der Waals surface area contributed by atoms with Crippen LogP contribution >= 0.6 is 0 Å². The lowest BCUT2D eigenvalue weighted by Crippen LogP contribution is -2.12. The van der Waals surface area contributed by atoms with E-state index < -0.39 is 12.0 Å². The van der Waals surface area contributed by atoms with E-state index in [1.54, 1.807) is 20.8 Å². The maximum Gasteiger partial charge on any atom is 0.409 e. The van der Waals surface area contributed by atoms with Crippen LogP contribution in [0.5, 0.6) is 0 Å². The van der Waals surface area contributed by atoms with Crippen molar-refractivity contribution >= 4 is 5.78 Å². The van der Waals surface area contributed by atoms with Gasteiger partial charge in [-0.1, -0.05) is 20.8 Å². The predicted octanol–water partition coefficient (Wildman–Crippen LogP) is 3.11. The van der Waals surface area contributed by atoms with Crippen LogP contribution in [0, 0.1) is 5.41 Å². The molecule has 76 valence electrons. The number of rotatable bonds is 2. The average Bonchev–Trinajstić information content (AvgIpc) is 1.78. The van der Waals surface area contributed by atoms with E-state index in [1.165, 1.54) is 0 Å². The third kappa shape index (κ3) is 9.11. The van der Waals surface area contributed by atoms with Crippen molar-refractivity contribution in [1.29, 1.82) is 0 Å². The number of hydrogen-bond donors (Lipinski definition) is 0. The lowest BCUT2D eigenvalue weighted by molar-refractivity contribution is -0.117. The molecular formula is C9H13F3O. The monoisotopic (exact) mass is 194 g/mol. The molecule has 0 aromatic heterocycles. The zero-order chi connectivity index (χ0) is 10.7. The maximum atomic E-state index is 11.6. The minimum absolute atomic E-state index is 0.0267. The fourth-order valence-electron chi connectivity index (χ4n) is 0.769. The van der Waals surface area contributed by atoms with E-state index in [4.69, 9.17) is 0 Å². The second-order valence-electron chi connectivity index (χ2n) is 4.08. The van der Waals surface area contributed by atoms with Crippen molar-refractivity contribution in [3.63, 3.8) is 0 Å². The first-order chi connectivity index (χ1) is 5.60. The third-order valence-corrected chi connectivity index (χ3v) is 1.16. The Balaban J connectivity index is 4.11. The molecule has 0 aliphatic rings. The van der Waals surface area contributed by atoms with E-state index in [0.717, 1.165) is 0 Å². The molecule has 0 saturated carbocycles. The van der Waals surface area contributed by atoms with Crippen LogP contribution in [0.15, 0.2) is 12.2 Å². The number of halogens is 3. The molecule has 0 aromatic rings. The zero-order valence-electron chi connectivity index (χ0n) is 7.90. The number of ketones is 1. The molecule has 4 heteroatoms. The second kappa shape index (κ2) is 3.94. The Labute approximate surface area is 75.6 Å². The van der Waals surface area contributed by atoms with Gasteiger partial charge in [-0.2, -0.15) is 13.2 Å². The minimum atomic E-state index is -4.40. The smallest absolute Gasteiger partial charge is 0.295 e. The molecule has 0 N–H and O–H groups in total. The summed E-state index contributed by atoms with van der Waals surface area (Å²) in [4.78, 5) is 10.9. The van der Waals surface area contributed by atoms with E-state index in [-0.39, 0.29) is 17.9 Å². The van der Waals surface area contributed by atoms with Crippen LogP contribution in [-0.2, 0) is 4.79 Å². The van der Waals surface area contributed by atoms with Crippen LogP contribution in [0.25, 0.3) is 0 Å². The SMILES string of the molecule is CC(C)(C)CC(=O)/C=C/C(F)(F)F. The van der Waals surface area contributed by atoms with Gasteiger partial charge in [-0.05, 0) is 11.5 Å². The van der Waals surface area contributed by atoms with E-state index in [9.17, 15) is 18.0 Å². The molecule has 0 saturated heterocycles. The highest BCUT2D eigenvalue weighted by molar-refractivity contribution is 5.90. The Morgan fingerprint density at radius 1 is 1.23 bits per heavy atom. The lowest BCUT2D eigenvalue weighted by Gasteiger charge is -2.15. The molecule has 0 spiro atoms. The Morgan fingerprint density at radius 3 is 2.00 bits per heavy atom. The first-order valence-electron chi connectivity index (χ1n) is 3.89. The van der Waals surface area contributed by atoms with Crippen molar-refractivity contribution in [3.05, 3.63) is 12.2 Å². The van der Waals surface area contributed by atoms with Gasteiger partial charge in [-0.15, -0.1) is 0 Å². The van der Waals surface area contributed by atoms with Crippen LogP contribution in [0.2, 0.25) is 0 Å². The number of allylic oxidation sites excluding steroid dienone is 2. The highest BCUT2D eigenvalue weighted by Crippen LogP contribution is 2.20. The molecule has 0 heterocycles. The average molecular weight is 194 g/mol. The summed E-state index contributed by atoms with van der Waals surface area (Å²) >= 11 is 0. The summed E-state index contributed by atoms with van der Waals surface area (Å²) in [6, 6.07) is 0. The normalized spacial score (nSPS) is 13.7. The topological polar surface area (TPSA) is 17.1 Å².